The van der Waals surface area contributed by atoms with Crippen LogP contribution in [-0.2, 0) is 24.3 Å². The Morgan fingerprint density at radius 2 is 2.10 bits per heavy atom. The molecule has 1 aromatic rings. The third kappa shape index (κ3) is 2.73. The highest BCUT2D eigenvalue weighted by Gasteiger charge is 2.43. The van der Waals surface area contributed by atoms with Crippen LogP contribution < -0.4 is 0 Å². The van der Waals surface area contributed by atoms with Crippen molar-refractivity contribution in [2.45, 2.75) is 10.3 Å². The van der Waals surface area contributed by atoms with Crippen molar-refractivity contribution in [3.8, 4) is 0 Å². The number of hydroxylamine groups is 2. The zero-order chi connectivity index (χ0) is 14.8. The third-order valence-electron chi connectivity index (χ3n) is 2.51. The number of rotatable bonds is 4. The van der Waals surface area contributed by atoms with Crippen LogP contribution in [-0.4, -0.2) is 49.5 Å². The third-order valence-corrected chi connectivity index (χ3v) is 4.53. The Morgan fingerprint density at radius 1 is 1.45 bits per heavy atom. The van der Waals surface area contributed by atoms with Crippen LogP contribution in [0.25, 0.3) is 0 Å². The predicted octanol–water partition coefficient (Wildman–Crippen LogP) is 0.0781. The number of carbonyl (C=O) groups is 1. The molecule has 0 saturated carbocycles. The van der Waals surface area contributed by atoms with Gasteiger partial charge < -0.3 is 9.84 Å². The summed E-state index contributed by atoms with van der Waals surface area (Å²) in [5, 5.41) is 11.7. The minimum absolute atomic E-state index is 0.0639. The Hall–Kier alpha value is -2.13. The summed E-state index contributed by atoms with van der Waals surface area (Å²) in [6, 6.07) is 7.70. The van der Waals surface area contributed by atoms with E-state index in [0.29, 0.717) is 0 Å². The van der Waals surface area contributed by atoms with Crippen LogP contribution in [0.15, 0.2) is 40.4 Å². The lowest BCUT2D eigenvalue weighted by molar-refractivity contribution is -0.139. The highest BCUT2D eigenvalue weighted by atomic mass is 32.2. The lowest BCUT2D eigenvalue weighted by atomic mass is 10.4. The van der Waals surface area contributed by atoms with E-state index in [-0.39, 0.29) is 10.8 Å². The Kier molecular flexibility index (Phi) is 3.91. The number of carboxylic acid groups (broad SMARTS) is 1. The molecule has 0 spiro atoms. The van der Waals surface area contributed by atoms with Crippen molar-refractivity contribution in [1.29, 1.82) is 0 Å². The first-order valence-electron chi connectivity index (χ1n) is 5.54. The number of likely N-dealkylation sites (N-methyl/N-ethyl adjacent to an activating group) is 1. The van der Waals surface area contributed by atoms with Gasteiger partial charge in [0.05, 0.1) is 4.90 Å². The summed E-state index contributed by atoms with van der Waals surface area (Å²) in [5.41, 5.74) is 0. The van der Waals surface area contributed by atoms with Gasteiger partial charge in [-0.15, -0.1) is 0 Å². The molecule has 1 aliphatic rings. The first-order chi connectivity index (χ1) is 9.43. The number of aliphatic carboxylic acids is 1. The monoisotopic (exact) mass is 300 g/mol. The minimum Gasteiger partial charge on any atom is -0.479 e. The van der Waals surface area contributed by atoms with Crippen molar-refractivity contribution >= 4 is 21.7 Å². The molecule has 1 unspecified atom stereocenters. The first-order valence-corrected chi connectivity index (χ1v) is 7.09. The van der Waals surface area contributed by atoms with E-state index in [0.717, 1.165) is 5.06 Å². The van der Waals surface area contributed by atoms with E-state index < -0.39 is 27.8 Å². The van der Waals surface area contributed by atoms with Crippen molar-refractivity contribution < 1.29 is 28.0 Å². The van der Waals surface area contributed by atoms with Gasteiger partial charge in [0.2, 0.25) is 15.2 Å². The molecule has 0 bridgehead atoms. The zero-order valence-electron chi connectivity index (χ0n) is 10.5. The van der Waals surface area contributed by atoms with Crippen LogP contribution in [0, 0.1) is 0 Å². The molecule has 108 valence electrons. The van der Waals surface area contributed by atoms with E-state index in [1.807, 2.05) is 0 Å². The average molecular weight is 300 g/mol. The number of ether oxygens (including phenoxy) is 1. The predicted molar refractivity (Wildman–Crippen MR) is 67.3 cm³/mol. The van der Waals surface area contributed by atoms with Crippen molar-refractivity contribution in [1.82, 2.24) is 5.06 Å². The van der Waals surface area contributed by atoms with E-state index in [2.05, 4.69) is 5.16 Å². The summed E-state index contributed by atoms with van der Waals surface area (Å²) in [6.45, 7) is -0.698. The van der Waals surface area contributed by atoms with E-state index in [4.69, 9.17) is 14.8 Å². The molecule has 0 fully saturated rings. The number of nitrogens with zero attached hydrogens (tertiary/aromatic N) is 2. The maximum atomic E-state index is 12.5. The maximum absolute atomic E-state index is 12.5. The topological polar surface area (TPSA) is 106 Å². The largest absolute Gasteiger partial charge is 0.479 e. The second-order valence-electron chi connectivity index (χ2n) is 3.95. The molecule has 0 aliphatic carbocycles. The lowest BCUT2D eigenvalue weighted by Gasteiger charge is -2.17. The number of oxime groups is 1. The average Bonchev–Trinajstić information content (AvgIpc) is 2.79. The number of hydrogen-bond acceptors (Lipinski definition) is 7. The Morgan fingerprint density at radius 3 is 2.70 bits per heavy atom. The fourth-order valence-corrected chi connectivity index (χ4v) is 3.25. The van der Waals surface area contributed by atoms with Crippen LogP contribution in [0.2, 0.25) is 0 Å². The molecule has 0 amide bonds. The van der Waals surface area contributed by atoms with Gasteiger partial charge in [-0.05, 0) is 17.3 Å². The lowest BCUT2D eigenvalue weighted by Crippen LogP contribution is -2.40. The number of benzene rings is 1. The maximum Gasteiger partial charge on any atom is 0.341 e. The van der Waals surface area contributed by atoms with Gasteiger partial charge in [-0.3, -0.25) is 4.94 Å². The Balaban J connectivity index is 2.29. The minimum atomic E-state index is -3.83. The molecule has 0 aromatic heterocycles. The quantitative estimate of drug-likeness (QED) is 0.839. The second kappa shape index (κ2) is 5.47. The first kappa shape index (κ1) is 14.3. The molecule has 1 aromatic carbocycles. The van der Waals surface area contributed by atoms with Gasteiger partial charge in [-0.1, -0.05) is 23.3 Å². The van der Waals surface area contributed by atoms with Crippen molar-refractivity contribution in [2.24, 2.45) is 5.16 Å². The van der Waals surface area contributed by atoms with Gasteiger partial charge >= 0.3 is 5.97 Å². The van der Waals surface area contributed by atoms with Gasteiger partial charge in [0, 0.05) is 7.05 Å². The fourth-order valence-electron chi connectivity index (χ4n) is 1.65. The van der Waals surface area contributed by atoms with Crippen LogP contribution >= 0.6 is 0 Å². The van der Waals surface area contributed by atoms with Gasteiger partial charge in [0.25, 0.3) is 5.90 Å². The van der Waals surface area contributed by atoms with Gasteiger partial charge in [0.15, 0.2) is 6.61 Å². The summed E-state index contributed by atoms with van der Waals surface area (Å²) in [5.74, 6) is -1.54. The highest BCUT2D eigenvalue weighted by Crippen LogP contribution is 2.23. The number of carboxylic acids is 1. The van der Waals surface area contributed by atoms with Crippen LogP contribution in [0.5, 0.6) is 0 Å². The SMILES string of the molecule is CN1ON=C(OCC(=O)O)C1S(=O)(=O)c1ccccc1. The molecule has 20 heavy (non-hydrogen) atoms. The zero-order valence-corrected chi connectivity index (χ0v) is 11.3. The Labute approximate surface area is 115 Å². The van der Waals surface area contributed by atoms with Crippen LogP contribution in [0.4, 0.5) is 0 Å². The van der Waals surface area contributed by atoms with Gasteiger partial charge in [0.1, 0.15) is 0 Å². The van der Waals surface area contributed by atoms with Gasteiger partial charge in [-0.25, -0.2) is 13.2 Å². The van der Waals surface area contributed by atoms with Crippen LogP contribution in [0.1, 0.15) is 0 Å². The van der Waals surface area contributed by atoms with E-state index >= 15 is 0 Å². The van der Waals surface area contributed by atoms with Crippen molar-refractivity contribution in [2.75, 3.05) is 13.7 Å². The summed E-state index contributed by atoms with van der Waals surface area (Å²) >= 11 is 0. The molecule has 1 atom stereocenters. The number of sulfone groups is 1. The molecule has 1 N–H and O–H groups in total. The van der Waals surface area contributed by atoms with Crippen molar-refractivity contribution in [3.63, 3.8) is 0 Å². The standard InChI is InChI=1S/C11H12N2O6S/c1-13-11(10(12-19-13)18-7-9(14)15)20(16,17)8-5-3-2-4-6-8/h2-6,11H,7H2,1H3,(H,14,15). The molecule has 0 radical (unpaired) electrons. The Bertz CT molecular complexity index is 628. The van der Waals surface area contributed by atoms with Crippen molar-refractivity contribution in [3.05, 3.63) is 30.3 Å². The number of hydrogen-bond donors (Lipinski definition) is 1. The van der Waals surface area contributed by atoms with E-state index in [1.54, 1.807) is 18.2 Å². The fraction of sp³-hybridized carbons (Fsp3) is 0.273. The molecule has 1 aliphatic heterocycles. The summed E-state index contributed by atoms with van der Waals surface area (Å²) < 4.78 is 29.8. The smallest absolute Gasteiger partial charge is 0.341 e. The van der Waals surface area contributed by atoms with E-state index in [9.17, 15) is 13.2 Å². The second-order valence-corrected chi connectivity index (χ2v) is 5.96. The summed E-state index contributed by atoms with van der Waals surface area (Å²) in [7, 11) is -2.47. The van der Waals surface area contributed by atoms with Crippen LogP contribution in [0.3, 0.4) is 0 Å². The molecule has 8 nitrogen and oxygen atoms in total. The van der Waals surface area contributed by atoms with Gasteiger partial charge in [-0.2, -0.15) is 0 Å². The molecule has 9 heteroatoms. The molecular weight excluding hydrogens is 288 g/mol. The molecule has 2 rings (SSSR count). The summed E-state index contributed by atoms with van der Waals surface area (Å²) in [4.78, 5) is 15.3. The molecular formula is C11H12N2O6S. The van der Waals surface area contributed by atoms with E-state index in [1.165, 1.54) is 19.2 Å². The normalized spacial score (nSPS) is 19.2. The summed E-state index contributed by atoms with van der Waals surface area (Å²) in [6.07, 6.45) is 0. The highest BCUT2D eigenvalue weighted by molar-refractivity contribution is 7.92. The molecule has 1 heterocycles. The molecule has 0 saturated heterocycles.